The second-order valence-electron chi connectivity index (χ2n) is 6.43. The second-order valence-corrected chi connectivity index (χ2v) is 6.84. The van der Waals surface area contributed by atoms with Crippen LogP contribution in [0.1, 0.15) is 11.6 Å². The van der Waals surface area contributed by atoms with Crippen molar-refractivity contribution in [2.45, 2.75) is 6.04 Å². The average molecular weight is 405 g/mol. The van der Waals surface area contributed by atoms with Crippen LogP contribution in [-0.4, -0.2) is 57.4 Å². The van der Waals surface area contributed by atoms with Crippen LogP contribution >= 0.6 is 11.6 Å². The smallest absolute Gasteiger partial charge is 0.258 e. The van der Waals surface area contributed by atoms with E-state index in [4.69, 9.17) is 25.8 Å². The van der Waals surface area contributed by atoms with Gasteiger partial charge in [-0.3, -0.25) is 9.69 Å². The molecule has 1 fully saturated rings. The Kier molecular flexibility index (Phi) is 7.54. The number of carbonyl (C=O) groups excluding carboxylic acids is 1. The van der Waals surface area contributed by atoms with Gasteiger partial charge >= 0.3 is 0 Å². The summed E-state index contributed by atoms with van der Waals surface area (Å²) in [4.78, 5) is 14.7. The number of hydrogen-bond donors (Lipinski definition) is 1. The summed E-state index contributed by atoms with van der Waals surface area (Å²) in [5, 5.41) is 3.66. The van der Waals surface area contributed by atoms with Crippen molar-refractivity contribution in [2.75, 3.05) is 46.6 Å². The normalized spacial score (nSPS) is 15.6. The molecule has 1 N–H and O–H groups in total. The number of amides is 1. The lowest BCUT2D eigenvalue weighted by Gasteiger charge is -2.35. The Morgan fingerprint density at radius 3 is 2.54 bits per heavy atom. The molecular formula is C21H25ClN2O4. The Labute approximate surface area is 170 Å². The van der Waals surface area contributed by atoms with Gasteiger partial charge in [-0.15, -0.1) is 0 Å². The third kappa shape index (κ3) is 5.38. The van der Waals surface area contributed by atoms with E-state index in [9.17, 15) is 4.79 Å². The van der Waals surface area contributed by atoms with Gasteiger partial charge in [-0.05, 0) is 23.8 Å². The summed E-state index contributed by atoms with van der Waals surface area (Å²) in [6.07, 6.45) is 0. The molecule has 1 unspecified atom stereocenters. The zero-order valence-electron chi connectivity index (χ0n) is 15.9. The van der Waals surface area contributed by atoms with Crippen molar-refractivity contribution in [3.05, 3.63) is 59.1 Å². The molecular weight excluding hydrogens is 380 g/mol. The van der Waals surface area contributed by atoms with Crippen LogP contribution in [0.15, 0.2) is 48.5 Å². The van der Waals surface area contributed by atoms with E-state index in [0.29, 0.717) is 36.3 Å². The third-order valence-corrected chi connectivity index (χ3v) is 5.02. The number of methoxy groups -OCH3 is 1. The Hall–Kier alpha value is -2.28. The summed E-state index contributed by atoms with van der Waals surface area (Å²) in [5.74, 6) is 0.935. The van der Waals surface area contributed by atoms with Crippen LogP contribution < -0.4 is 14.8 Å². The molecule has 0 spiro atoms. The van der Waals surface area contributed by atoms with Crippen molar-refractivity contribution in [3.63, 3.8) is 0 Å². The fourth-order valence-electron chi connectivity index (χ4n) is 3.21. The molecule has 3 rings (SSSR count). The highest BCUT2D eigenvalue weighted by Gasteiger charge is 2.24. The van der Waals surface area contributed by atoms with Crippen molar-refractivity contribution in [3.8, 4) is 11.5 Å². The minimum absolute atomic E-state index is 0.0205. The average Bonchev–Trinajstić information content (AvgIpc) is 2.74. The molecule has 7 heteroatoms. The van der Waals surface area contributed by atoms with Gasteiger partial charge in [0.1, 0.15) is 0 Å². The van der Waals surface area contributed by atoms with Crippen LogP contribution in [0.25, 0.3) is 0 Å². The van der Waals surface area contributed by atoms with Gasteiger partial charge in [-0.2, -0.15) is 0 Å². The van der Waals surface area contributed by atoms with E-state index in [1.54, 1.807) is 19.2 Å². The van der Waals surface area contributed by atoms with Crippen LogP contribution in [0.2, 0.25) is 5.02 Å². The summed E-state index contributed by atoms with van der Waals surface area (Å²) in [6, 6.07) is 15.0. The van der Waals surface area contributed by atoms with E-state index < -0.39 is 0 Å². The van der Waals surface area contributed by atoms with Crippen molar-refractivity contribution >= 4 is 17.5 Å². The van der Waals surface area contributed by atoms with E-state index in [0.717, 1.165) is 18.7 Å². The van der Waals surface area contributed by atoms with Crippen LogP contribution in [0.3, 0.4) is 0 Å². The van der Waals surface area contributed by atoms with Crippen molar-refractivity contribution in [1.82, 2.24) is 10.2 Å². The number of benzene rings is 2. The van der Waals surface area contributed by atoms with Gasteiger partial charge < -0.3 is 19.5 Å². The third-order valence-electron chi connectivity index (χ3n) is 4.67. The number of ether oxygens (including phenoxy) is 3. The molecule has 1 heterocycles. The van der Waals surface area contributed by atoms with E-state index in [2.05, 4.69) is 10.2 Å². The quantitative estimate of drug-likeness (QED) is 0.733. The lowest BCUT2D eigenvalue weighted by Crippen LogP contribution is -2.44. The topological polar surface area (TPSA) is 60.0 Å². The summed E-state index contributed by atoms with van der Waals surface area (Å²) in [6.45, 7) is 3.29. The van der Waals surface area contributed by atoms with Gasteiger partial charge in [0.05, 0.1) is 26.4 Å². The summed E-state index contributed by atoms with van der Waals surface area (Å²) in [5.41, 5.74) is 0.997. The van der Waals surface area contributed by atoms with Crippen molar-refractivity contribution in [2.24, 2.45) is 0 Å². The van der Waals surface area contributed by atoms with Crippen LogP contribution in [-0.2, 0) is 9.53 Å². The molecule has 0 bridgehead atoms. The molecule has 2 aromatic rings. The van der Waals surface area contributed by atoms with E-state index in [1.807, 2.05) is 36.4 Å². The first-order valence-corrected chi connectivity index (χ1v) is 9.65. The lowest BCUT2D eigenvalue weighted by molar-refractivity contribution is -0.123. The SMILES string of the molecule is COc1ccccc1OCC(=O)NCC(c1ccccc1Cl)N1CCOCC1. The number of morpholine rings is 1. The highest BCUT2D eigenvalue weighted by atomic mass is 35.5. The first-order chi connectivity index (χ1) is 13.7. The molecule has 2 aromatic carbocycles. The lowest BCUT2D eigenvalue weighted by atomic mass is 10.0. The Bertz CT molecular complexity index is 781. The number of nitrogens with zero attached hydrogens (tertiary/aromatic N) is 1. The number of hydrogen-bond acceptors (Lipinski definition) is 5. The van der Waals surface area contributed by atoms with Gasteiger partial charge in [0.15, 0.2) is 18.1 Å². The molecule has 0 saturated carbocycles. The Morgan fingerprint density at radius 2 is 1.82 bits per heavy atom. The maximum Gasteiger partial charge on any atom is 0.258 e. The number of rotatable bonds is 8. The monoisotopic (exact) mass is 404 g/mol. The minimum Gasteiger partial charge on any atom is -0.493 e. The maximum atomic E-state index is 12.4. The number of nitrogens with one attached hydrogen (secondary N) is 1. The van der Waals surface area contributed by atoms with Crippen LogP contribution in [0, 0.1) is 0 Å². The van der Waals surface area contributed by atoms with Crippen LogP contribution in [0.5, 0.6) is 11.5 Å². The first-order valence-electron chi connectivity index (χ1n) is 9.28. The Morgan fingerprint density at radius 1 is 1.14 bits per heavy atom. The zero-order chi connectivity index (χ0) is 19.8. The highest BCUT2D eigenvalue weighted by Crippen LogP contribution is 2.28. The number of carbonyl (C=O) groups is 1. The highest BCUT2D eigenvalue weighted by molar-refractivity contribution is 6.31. The fourth-order valence-corrected chi connectivity index (χ4v) is 3.47. The van der Waals surface area contributed by atoms with Gasteiger partial charge in [0, 0.05) is 24.7 Å². The molecule has 0 radical (unpaired) electrons. The molecule has 1 aliphatic rings. The molecule has 1 aliphatic heterocycles. The Balaban J connectivity index is 1.61. The molecule has 1 atom stereocenters. The molecule has 0 aliphatic carbocycles. The zero-order valence-corrected chi connectivity index (χ0v) is 16.7. The molecule has 1 amide bonds. The van der Waals surface area contributed by atoms with Gasteiger partial charge in [0.2, 0.25) is 0 Å². The van der Waals surface area contributed by atoms with Crippen molar-refractivity contribution in [1.29, 1.82) is 0 Å². The molecule has 28 heavy (non-hydrogen) atoms. The molecule has 6 nitrogen and oxygen atoms in total. The fraction of sp³-hybridized carbons (Fsp3) is 0.381. The van der Waals surface area contributed by atoms with E-state index in [1.165, 1.54) is 0 Å². The summed E-state index contributed by atoms with van der Waals surface area (Å²) >= 11 is 6.42. The standard InChI is InChI=1S/C21H25ClN2O4/c1-26-19-8-4-5-9-20(19)28-15-21(25)23-14-18(24-10-12-27-13-11-24)16-6-2-3-7-17(16)22/h2-9,18H,10-15H2,1H3,(H,23,25). The maximum absolute atomic E-state index is 12.4. The van der Waals surface area contributed by atoms with E-state index >= 15 is 0 Å². The molecule has 1 saturated heterocycles. The van der Waals surface area contributed by atoms with Gasteiger partial charge in [-0.25, -0.2) is 0 Å². The largest absolute Gasteiger partial charge is 0.493 e. The minimum atomic E-state index is -0.198. The van der Waals surface area contributed by atoms with Crippen molar-refractivity contribution < 1.29 is 19.0 Å². The molecule has 0 aromatic heterocycles. The molecule has 150 valence electrons. The first kappa shape index (κ1) is 20.5. The predicted octanol–water partition coefficient (Wildman–Crippen LogP) is 2.92. The second kappa shape index (κ2) is 10.3. The van der Waals surface area contributed by atoms with E-state index in [-0.39, 0.29) is 18.6 Å². The van der Waals surface area contributed by atoms with Crippen LogP contribution in [0.4, 0.5) is 0 Å². The number of para-hydroxylation sites is 2. The van der Waals surface area contributed by atoms with Gasteiger partial charge in [0.25, 0.3) is 5.91 Å². The van der Waals surface area contributed by atoms with Gasteiger partial charge in [-0.1, -0.05) is 41.9 Å². The number of halogens is 1. The summed E-state index contributed by atoms with van der Waals surface area (Å²) in [7, 11) is 1.57. The predicted molar refractivity (Wildman–Crippen MR) is 108 cm³/mol. The summed E-state index contributed by atoms with van der Waals surface area (Å²) < 4.78 is 16.3.